The molecule has 3 nitrogen and oxygen atoms in total. The van der Waals surface area contributed by atoms with Crippen molar-refractivity contribution in [3.8, 4) is 0 Å². The van der Waals surface area contributed by atoms with E-state index in [1.54, 1.807) is 13.0 Å². The first kappa shape index (κ1) is 13.4. The number of ether oxygens (including phenoxy) is 1. The van der Waals surface area contributed by atoms with Crippen LogP contribution < -0.4 is 0 Å². The number of carbonyl (C=O) groups excluding carboxylic acids is 1. The van der Waals surface area contributed by atoms with Crippen LogP contribution in [-0.2, 0) is 9.53 Å². The molecule has 0 amide bonds. The summed E-state index contributed by atoms with van der Waals surface area (Å²) in [4.78, 5) is 11.3. The minimum absolute atomic E-state index is 0.355. The lowest BCUT2D eigenvalue weighted by Gasteiger charge is -2.04. The van der Waals surface area contributed by atoms with Crippen LogP contribution in [0, 0.1) is 0 Å². The molecule has 0 unspecified atom stereocenters. The highest BCUT2D eigenvalue weighted by atomic mass is 16.5. The molecular formula is C16H18O3. The molecule has 0 fully saturated rings. The molecule has 3 heteroatoms. The fraction of sp³-hybridized carbons (Fsp3) is 0.312. The molecule has 1 heterocycles. The summed E-state index contributed by atoms with van der Waals surface area (Å²) in [6.45, 7) is 6.42. The van der Waals surface area contributed by atoms with Crippen LogP contribution in [0.15, 0.2) is 34.8 Å². The third kappa shape index (κ3) is 3.05. The average molecular weight is 258 g/mol. The Hall–Kier alpha value is -2.03. The van der Waals surface area contributed by atoms with Crippen LogP contribution in [0.3, 0.4) is 0 Å². The Labute approximate surface area is 112 Å². The Kier molecular flexibility index (Phi) is 4.05. The molecule has 0 aliphatic rings. The second kappa shape index (κ2) is 5.74. The molecule has 0 bridgehead atoms. The van der Waals surface area contributed by atoms with E-state index in [1.165, 1.54) is 11.6 Å². The van der Waals surface area contributed by atoms with Crippen molar-refractivity contribution in [3.05, 3.63) is 41.7 Å². The van der Waals surface area contributed by atoms with E-state index in [4.69, 9.17) is 9.15 Å². The Balaban J connectivity index is 2.32. The van der Waals surface area contributed by atoms with Crippen molar-refractivity contribution in [1.82, 2.24) is 0 Å². The van der Waals surface area contributed by atoms with E-state index in [1.807, 2.05) is 18.2 Å². The lowest BCUT2D eigenvalue weighted by Crippen LogP contribution is -1.98. The maximum absolute atomic E-state index is 11.3. The zero-order valence-corrected chi connectivity index (χ0v) is 11.5. The summed E-state index contributed by atoms with van der Waals surface area (Å²) >= 11 is 0. The molecule has 1 aromatic carbocycles. The van der Waals surface area contributed by atoms with Gasteiger partial charge in [0.2, 0.25) is 0 Å². The molecule has 0 atom stereocenters. The van der Waals surface area contributed by atoms with Gasteiger partial charge in [-0.3, -0.25) is 0 Å². The van der Waals surface area contributed by atoms with Crippen molar-refractivity contribution in [3.63, 3.8) is 0 Å². The molecule has 0 saturated carbocycles. The highest BCUT2D eigenvalue weighted by molar-refractivity contribution is 5.88. The van der Waals surface area contributed by atoms with Crippen molar-refractivity contribution in [2.24, 2.45) is 0 Å². The van der Waals surface area contributed by atoms with Crippen LogP contribution in [-0.4, -0.2) is 12.6 Å². The van der Waals surface area contributed by atoms with Gasteiger partial charge < -0.3 is 9.15 Å². The molecule has 0 aliphatic carbocycles. The van der Waals surface area contributed by atoms with Gasteiger partial charge in [-0.2, -0.15) is 0 Å². The number of hydrogen-bond donors (Lipinski definition) is 0. The number of furan rings is 1. The Bertz CT molecular complexity index is 605. The smallest absolute Gasteiger partial charge is 0.330 e. The Morgan fingerprint density at radius 2 is 2.21 bits per heavy atom. The number of rotatable bonds is 4. The van der Waals surface area contributed by atoms with Gasteiger partial charge in [-0.05, 0) is 30.5 Å². The zero-order valence-electron chi connectivity index (χ0n) is 11.5. The van der Waals surface area contributed by atoms with Gasteiger partial charge in [0.15, 0.2) is 0 Å². The molecule has 0 radical (unpaired) electrons. The van der Waals surface area contributed by atoms with E-state index in [9.17, 15) is 4.79 Å². The van der Waals surface area contributed by atoms with E-state index in [2.05, 4.69) is 19.9 Å². The number of carbonyl (C=O) groups is 1. The minimum Gasteiger partial charge on any atom is -0.463 e. The van der Waals surface area contributed by atoms with Crippen molar-refractivity contribution in [2.45, 2.75) is 26.7 Å². The van der Waals surface area contributed by atoms with E-state index < -0.39 is 0 Å². The molecule has 0 saturated heterocycles. The van der Waals surface area contributed by atoms with Gasteiger partial charge in [0.25, 0.3) is 0 Å². The van der Waals surface area contributed by atoms with E-state index in [0.29, 0.717) is 18.3 Å². The molecule has 100 valence electrons. The molecule has 0 N–H and O–H groups in total. The standard InChI is InChI=1S/C16H18O3/c1-4-18-15(17)9-8-13-10-12-6-5-7-14(11(2)3)16(12)19-13/h5-11H,4H2,1-3H3/b9-8+. The van der Waals surface area contributed by atoms with Gasteiger partial charge in [-0.1, -0.05) is 32.0 Å². The molecule has 0 aliphatic heterocycles. The second-order valence-electron chi connectivity index (χ2n) is 4.65. The first-order valence-electron chi connectivity index (χ1n) is 6.49. The highest BCUT2D eigenvalue weighted by Gasteiger charge is 2.09. The number of esters is 1. The second-order valence-corrected chi connectivity index (χ2v) is 4.65. The minimum atomic E-state index is -0.355. The Morgan fingerprint density at radius 1 is 1.42 bits per heavy atom. The third-order valence-corrected chi connectivity index (χ3v) is 2.89. The van der Waals surface area contributed by atoms with Crippen LogP contribution in [0.4, 0.5) is 0 Å². The molecule has 1 aromatic heterocycles. The maximum Gasteiger partial charge on any atom is 0.330 e. The predicted octanol–water partition coefficient (Wildman–Crippen LogP) is 4.13. The monoisotopic (exact) mass is 258 g/mol. The van der Waals surface area contributed by atoms with E-state index >= 15 is 0 Å². The van der Waals surface area contributed by atoms with Crippen LogP contribution >= 0.6 is 0 Å². The summed E-state index contributed by atoms with van der Waals surface area (Å²) in [6.07, 6.45) is 3.03. The largest absolute Gasteiger partial charge is 0.463 e. The number of benzene rings is 1. The predicted molar refractivity (Wildman–Crippen MR) is 76.0 cm³/mol. The van der Waals surface area contributed by atoms with Gasteiger partial charge in [0, 0.05) is 11.5 Å². The van der Waals surface area contributed by atoms with Crippen LogP contribution in [0.2, 0.25) is 0 Å². The van der Waals surface area contributed by atoms with E-state index in [0.717, 1.165) is 11.0 Å². The van der Waals surface area contributed by atoms with Gasteiger partial charge in [-0.15, -0.1) is 0 Å². The normalized spacial score (nSPS) is 11.6. The van der Waals surface area contributed by atoms with Crippen molar-refractivity contribution in [2.75, 3.05) is 6.61 Å². The lowest BCUT2D eigenvalue weighted by atomic mass is 10.0. The van der Waals surface area contributed by atoms with Gasteiger partial charge in [-0.25, -0.2) is 4.79 Å². The van der Waals surface area contributed by atoms with Crippen LogP contribution in [0.25, 0.3) is 17.0 Å². The van der Waals surface area contributed by atoms with Crippen molar-refractivity contribution < 1.29 is 13.9 Å². The molecule has 0 spiro atoms. The molecular weight excluding hydrogens is 240 g/mol. The lowest BCUT2D eigenvalue weighted by molar-refractivity contribution is -0.137. The topological polar surface area (TPSA) is 39.4 Å². The fourth-order valence-corrected chi connectivity index (χ4v) is 1.98. The van der Waals surface area contributed by atoms with Gasteiger partial charge in [0.1, 0.15) is 11.3 Å². The van der Waals surface area contributed by atoms with Crippen molar-refractivity contribution in [1.29, 1.82) is 0 Å². The SMILES string of the molecule is CCOC(=O)/C=C/c1cc2cccc(C(C)C)c2o1. The fourth-order valence-electron chi connectivity index (χ4n) is 1.98. The zero-order chi connectivity index (χ0) is 13.8. The molecule has 2 aromatic rings. The number of hydrogen-bond acceptors (Lipinski definition) is 3. The molecule has 19 heavy (non-hydrogen) atoms. The summed E-state index contributed by atoms with van der Waals surface area (Å²) in [5, 5.41) is 1.05. The summed E-state index contributed by atoms with van der Waals surface area (Å²) in [7, 11) is 0. The summed E-state index contributed by atoms with van der Waals surface area (Å²) in [5.41, 5.74) is 2.06. The third-order valence-electron chi connectivity index (χ3n) is 2.89. The summed E-state index contributed by atoms with van der Waals surface area (Å²) in [6, 6.07) is 8.02. The summed E-state index contributed by atoms with van der Waals surface area (Å²) < 4.78 is 10.6. The highest BCUT2D eigenvalue weighted by Crippen LogP contribution is 2.28. The van der Waals surface area contributed by atoms with E-state index in [-0.39, 0.29) is 5.97 Å². The maximum atomic E-state index is 11.3. The number of para-hydroxylation sites is 1. The van der Waals surface area contributed by atoms with Crippen LogP contribution in [0.1, 0.15) is 38.0 Å². The first-order chi connectivity index (χ1) is 9.11. The average Bonchev–Trinajstić information content (AvgIpc) is 2.79. The summed E-state index contributed by atoms with van der Waals surface area (Å²) in [5.74, 6) is 0.708. The Morgan fingerprint density at radius 3 is 2.89 bits per heavy atom. The van der Waals surface area contributed by atoms with Crippen molar-refractivity contribution >= 4 is 23.0 Å². The van der Waals surface area contributed by atoms with Gasteiger partial charge >= 0.3 is 5.97 Å². The molecule has 2 rings (SSSR count). The van der Waals surface area contributed by atoms with Gasteiger partial charge in [0.05, 0.1) is 6.61 Å². The van der Waals surface area contributed by atoms with Crippen LogP contribution in [0.5, 0.6) is 0 Å². The quantitative estimate of drug-likeness (QED) is 0.611. The first-order valence-corrected chi connectivity index (χ1v) is 6.49. The number of fused-ring (bicyclic) bond motifs is 1.